The van der Waals surface area contributed by atoms with Crippen LogP contribution in [-0.2, 0) is 54.6 Å². The lowest BCUT2D eigenvalue weighted by Gasteiger charge is -2.35. The summed E-state index contributed by atoms with van der Waals surface area (Å²) in [6, 6.07) is 48.4. The zero-order chi connectivity index (χ0) is 88.6. The van der Waals surface area contributed by atoms with Gasteiger partial charge in [0.15, 0.2) is 23.4 Å². The summed E-state index contributed by atoms with van der Waals surface area (Å²) >= 11 is 0. The molecule has 123 heavy (non-hydrogen) atoms. The number of carbonyl (C=O) groups is 4. The Kier molecular flexibility index (Phi) is 27.9. The van der Waals surface area contributed by atoms with Crippen LogP contribution in [0.3, 0.4) is 0 Å². The molecule has 654 valence electrons. The highest BCUT2D eigenvalue weighted by atomic mass is 19.4. The van der Waals surface area contributed by atoms with E-state index in [9.17, 15) is 67.5 Å². The van der Waals surface area contributed by atoms with Gasteiger partial charge in [-0.05, 0) is 192 Å². The fourth-order valence-electron chi connectivity index (χ4n) is 18.0. The predicted molar refractivity (Wildman–Crippen MR) is 452 cm³/mol. The van der Waals surface area contributed by atoms with Crippen molar-refractivity contribution < 1.29 is 76.9 Å². The van der Waals surface area contributed by atoms with Gasteiger partial charge in [-0.2, -0.15) is 26.3 Å². The van der Waals surface area contributed by atoms with Crippen molar-refractivity contribution >= 4 is 58.1 Å². The molecule has 15 rings (SSSR count). The second-order valence-corrected chi connectivity index (χ2v) is 33.8. The lowest BCUT2D eigenvalue weighted by Crippen LogP contribution is -2.46. The van der Waals surface area contributed by atoms with Crippen LogP contribution in [0.25, 0.3) is 33.0 Å². The molecule has 8 aromatic carbocycles. The third kappa shape index (κ3) is 22.2. The first-order chi connectivity index (χ1) is 58.2. The number of nitrogens with two attached hydrogens (primary N) is 3. The molecular formula is C93H104F11N13O6. The average molecular weight is 1710 g/mol. The van der Waals surface area contributed by atoms with Crippen molar-refractivity contribution in [2.75, 3.05) is 60.5 Å². The first-order valence-electron chi connectivity index (χ1n) is 41.3. The quantitative estimate of drug-likeness (QED) is 0.0476. The number of benzene rings is 8. The number of aliphatic imine (C=N–C) groups is 3. The van der Waals surface area contributed by atoms with Gasteiger partial charge in [0.05, 0.1) is 30.2 Å². The predicted octanol–water partition coefficient (Wildman–Crippen LogP) is 17.9. The molecule has 2 saturated carbocycles. The molecule has 19 nitrogen and oxygen atoms in total. The number of hydrogen-bond acceptors (Lipinski definition) is 14. The Morgan fingerprint density at radius 2 is 1.17 bits per heavy atom. The molecule has 8 N–H and O–H groups in total. The van der Waals surface area contributed by atoms with Crippen molar-refractivity contribution in [1.29, 1.82) is 5.41 Å². The van der Waals surface area contributed by atoms with Crippen LogP contribution in [0, 0.1) is 34.8 Å². The molecular weight excluding hydrogens is 1600 g/mol. The Labute approximate surface area is 708 Å². The summed E-state index contributed by atoms with van der Waals surface area (Å²) in [7, 11) is 5.39. The van der Waals surface area contributed by atoms with Crippen LogP contribution in [0.4, 0.5) is 48.3 Å². The minimum Gasteiger partial charge on any atom is -0.406 e. The second kappa shape index (κ2) is 37.7. The standard InChI is InChI=1S/C30H40N4O2.C25H27F3N4O3.C21H20F6N2O.C17H17F2N3/c1-34-28(36)30(33-29(34)31,18-17-21-9-3-2-4-10-21)20-22-11-7-14-24(19-22)32-27(35)26-16-8-13-23-12-5-6-15-25(23)26;1-16(33)31-11-9-17(10-12-31)15-32-22(34)24(2,30-23(32)29)20-7-3-5-18(13-20)19-6-4-8-21(14-19)35-25(26,27)28;1-29-12-19(10-18(29)28,15-5-3-2-4-6-15)13-30-11-14-7-16(20(22,23)24)9-17(8-14)21(25,26)27;1-17(10-22(2)16(20)21-17)13-5-3-4-11(6-13)12-7-14(18)9-15(19)8-12/h5-6,8,12-13,15-16,21-22,24H,2-4,7,9-11,14,17-20H2,1H3,(H2,31,33)(H,32,35);3-8,13-14,17H,9-12,15H2,1-2H3,(H2,29,30);2-9,28H,10-13H2,1H3;3-9H,10H2,1-2H3,(H2,20,21)/t22-,24+,30+;;19-;/m0.0./s1. The molecule has 2 saturated heterocycles. The van der Waals surface area contributed by atoms with Crippen LogP contribution >= 0.6 is 0 Å². The molecule has 5 aliphatic heterocycles. The van der Waals surface area contributed by atoms with E-state index in [1.807, 2.05) is 116 Å². The van der Waals surface area contributed by atoms with E-state index in [1.165, 1.54) is 67.3 Å². The highest BCUT2D eigenvalue weighted by Gasteiger charge is 2.50. The van der Waals surface area contributed by atoms with Gasteiger partial charge in [-0.25, -0.2) is 23.8 Å². The summed E-state index contributed by atoms with van der Waals surface area (Å²) in [5.74, 6) is 0.939. The zero-order valence-corrected chi connectivity index (χ0v) is 69.6. The minimum absolute atomic E-state index is 0.0107. The number of hydrogen-bond donors (Lipinski definition) is 5. The van der Waals surface area contributed by atoms with E-state index in [4.69, 9.17) is 32.3 Å². The fraction of sp³-hybridized carbons (Fsp3) is 0.419. The van der Waals surface area contributed by atoms with Crippen molar-refractivity contribution in [2.45, 2.75) is 170 Å². The zero-order valence-electron chi connectivity index (χ0n) is 69.6. The maximum absolute atomic E-state index is 13.5. The number of piperidine rings is 1. The molecule has 6 atom stereocenters. The lowest BCUT2D eigenvalue weighted by atomic mass is 9.74. The molecule has 7 aliphatic rings. The van der Waals surface area contributed by atoms with E-state index in [1.54, 1.807) is 73.0 Å². The second-order valence-electron chi connectivity index (χ2n) is 33.8. The van der Waals surface area contributed by atoms with E-state index >= 15 is 0 Å². The molecule has 0 bridgehead atoms. The van der Waals surface area contributed by atoms with Gasteiger partial charge in [-0.15, -0.1) is 13.2 Å². The topological polar surface area (TPSA) is 254 Å². The normalized spacial score (nSPS) is 22.7. The van der Waals surface area contributed by atoms with Crippen LogP contribution in [0.2, 0.25) is 0 Å². The third-order valence-electron chi connectivity index (χ3n) is 24.6. The van der Waals surface area contributed by atoms with Crippen LogP contribution in [-0.4, -0.2) is 150 Å². The Balaban J connectivity index is 0.000000152. The van der Waals surface area contributed by atoms with Crippen molar-refractivity contribution in [3.8, 4) is 28.0 Å². The summed E-state index contributed by atoms with van der Waals surface area (Å²) in [5.41, 5.74) is 17.8. The van der Waals surface area contributed by atoms with E-state index < -0.39 is 70.1 Å². The maximum Gasteiger partial charge on any atom is 0.573 e. The van der Waals surface area contributed by atoms with Crippen LogP contribution in [0.15, 0.2) is 197 Å². The van der Waals surface area contributed by atoms with E-state index in [-0.39, 0.29) is 65.5 Å². The number of likely N-dealkylation sites (tertiary alicyclic amines) is 2. The number of ether oxygens (including phenoxy) is 2. The number of alkyl halides is 9. The number of nitrogens with one attached hydrogen (secondary N) is 2. The van der Waals surface area contributed by atoms with Gasteiger partial charge in [0.25, 0.3) is 17.7 Å². The Hall–Kier alpha value is -11.4. The van der Waals surface area contributed by atoms with E-state index in [2.05, 4.69) is 20.0 Å². The average Bonchev–Trinajstić information content (AvgIpc) is 1.47. The van der Waals surface area contributed by atoms with Gasteiger partial charge in [0, 0.05) is 90.3 Å². The molecule has 2 aliphatic carbocycles. The number of halogens is 11. The summed E-state index contributed by atoms with van der Waals surface area (Å²) in [6.45, 7) is 7.73. The number of amidine groups is 1. The number of guanidine groups is 3. The first-order valence-corrected chi connectivity index (χ1v) is 41.3. The van der Waals surface area contributed by atoms with Crippen LogP contribution in [0.1, 0.15) is 161 Å². The number of likely N-dealkylation sites (N-methyl/N-ethyl adjacent to an activating group) is 3. The molecule has 0 aromatic heterocycles. The Morgan fingerprint density at radius 3 is 1.78 bits per heavy atom. The molecule has 0 radical (unpaired) electrons. The number of amides is 4. The number of carbonyl (C=O) groups excluding carboxylic acids is 4. The summed E-state index contributed by atoms with van der Waals surface area (Å²) in [6.07, 6.45) is 0.341. The Morgan fingerprint density at radius 1 is 0.577 bits per heavy atom. The molecule has 2 unspecified atom stereocenters. The highest BCUT2D eigenvalue weighted by Crippen LogP contribution is 2.44. The first kappa shape index (κ1) is 90.8. The lowest BCUT2D eigenvalue weighted by molar-refractivity contribution is -0.274. The molecule has 8 aromatic rings. The van der Waals surface area contributed by atoms with Crippen molar-refractivity contribution in [1.82, 2.24) is 29.8 Å². The van der Waals surface area contributed by atoms with E-state index in [0.29, 0.717) is 103 Å². The third-order valence-corrected chi connectivity index (χ3v) is 24.6. The van der Waals surface area contributed by atoms with Gasteiger partial charge in [-0.3, -0.25) is 34.4 Å². The van der Waals surface area contributed by atoms with Crippen molar-refractivity contribution in [3.63, 3.8) is 0 Å². The van der Waals surface area contributed by atoms with Gasteiger partial charge >= 0.3 is 18.7 Å². The number of nitrogens with zero attached hydrogens (tertiary/aromatic N) is 8. The molecule has 4 amide bonds. The van der Waals surface area contributed by atoms with Gasteiger partial charge in [0.2, 0.25) is 5.91 Å². The molecule has 0 spiro atoms. The minimum atomic E-state index is -4.90. The van der Waals surface area contributed by atoms with Crippen LogP contribution in [0.5, 0.6) is 5.75 Å². The largest absolute Gasteiger partial charge is 0.573 e. The molecule has 5 heterocycles. The molecule has 30 heteroatoms. The maximum atomic E-state index is 13.5. The van der Waals surface area contributed by atoms with Gasteiger partial charge in [0.1, 0.15) is 28.5 Å². The summed E-state index contributed by atoms with van der Waals surface area (Å²) in [5, 5.41) is 13.4. The van der Waals surface area contributed by atoms with Crippen LogP contribution < -0.4 is 27.3 Å². The summed E-state index contributed by atoms with van der Waals surface area (Å²) < 4.78 is 153. The van der Waals surface area contributed by atoms with Gasteiger partial charge in [-0.1, -0.05) is 160 Å². The Bertz CT molecular complexity index is 5190. The van der Waals surface area contributed by atoms with E-state index in [0.717, 1.165) is 96.9 Å². The fourth-order valence-corrected chi connectivity index (χ4v) is 18.0. The highest BCUT2D eigenvalue weighted by molar-refractivity contribution is 6.08. The monoisotopic (exact) mass is 1710 g/mol. The summed E-state index contributed by atoms with van der Waals surface area (Å²) in [4.78, 5) is 74.0. The van der Waals surface area contributed by atoms with Crippen molar-refractivity contribution in [2.24, 2.45) is 49.9 Å². The van der Waals surface area contributed by atoms with Crippen molar-refractivity contribution in [3.05, 3.63) is 233 Å². The molecule has 4 fully saturated rings. The SMILES string of the molecule is CC(=O)N1CCC(CN2C(=O)C(C)(c3cccc(-c4cccc(OC(F)(F)F)c4)c3)N=C2N)CC1.CN1C(=O)[C@@](CCC2CCCCC2)(C[C@H]2CCC[C@@H](NC(=O)c3cccc4ccccc34)C2)N=C1N.CN1CC(C)(c2cccc(-c3cc(F)cc(F)c3)c2)N=C1N.CN1C[C@@](COCc2cc(C(F)(F)F)cc(C(F)(F)F)c2)(c2ccccc2)CC1=N. The van der Waals surface area contributed by atoms with Gasteiger partial charge < -0.3 is 46.7 Å². The number of rotatable bonds is 19. The number of fused-ring (bicyclic) bond motifs is 1. The smallest absolute Gasteiger partial charge is 0.406 e.